The predicted molar refractivity (Wildman–Crippen MR) is 129 cm³/mol. The zero-order chi connectivity index (χ0) is 21.9. The van der Waals surface area contributed by atoms with Gasteiger partial charge in [0.25, 0.3) is 0 Å². The third kappa shape index (κ3) is 4.36. The van der Waals surface area contributed by atoms with E-state index in [4.69, 9.17) is 10.5 Å². The average molecular weight is 449 g/mol. The van der Waals surface area contributed by atoms with Crippen LogP contribution in [0.1, 0.15) is 0 Å². The van der Waals surface area contributed by atoms with Gasteiger partial charge in [-0.2, -0.15) is 0 Å². The Labute approximate surface area is 189 Å². The summed E-state index contributed by atoms with van der Waals surface area (Å²) in [5, 5.41) is 6.92. The number of hydrogen-bond acceptors (Lipinski definition) is 7. The molecule has 5 rings (SSSR count). The second-order valence-electron chi connectivity index (χ2n) is 7.67. The molecule has 2 amide bonds. The average Bonchev–Trinajstić information content (AvgIpc) is 3.19. The van der Waals surface area contributed by atoms with Crippen molar-refractivity contribution in [3.63, 3.8) is 0 Å². The first-order chi connectivity index (χ1) is 15.7. The van der Waals surface area contributed by atoms with Gasteiger partial charge in [0.15, 0.2) is 0 Å². The van der Waals surface area contributed by atoms with Crippen molar-refractivity contribution in [2.45, 2.75) is 0 Å². The minimum Gasteiger partial charge on any atom is -0.382 e. The van der Waals surface area contributed by atoms with Crippen molar-refractivity contribution in [1.29, 1.82) is 0 Å². The van der Waals surface area contributed by atoms with E-state index >= 15 is 0 Å². The number of benzene rings is 2. The van der Waals surface area contributed by atoms with E-state index in [2.05, 4.69) is 43.7 Å². The van der Waals surface area contributed by atoms with E-state index in [1.807, 2.05) is 24.3 Å². The van der Waals surface area contributed by atoms with E-state index in [-0.39, 0.29) is 6.03 Å². The summed E-state index contributed by atoms with van der Waals surface area (Å²) in [5.41, 5.74) is 9.73. The van der Waals surface area contributed by atoms with Crippen LogP contribution in [-0.2, 0) is 4.74 Å². The quantitative estimate of drug-likeness (QED) is 0.431. The van der Waals surface area contributed by atoms with Crippen LogP contribution in [0.4, 0.5) is 16.3 Å². The number of morpholine rings is 1. The molecule has 0 radical (unpaired) electrons. The number of carbonyl (C=O) groups is 1. The number of urea groups is 1. The Balaban J connectivity index is 1.28. The smallest absolute Gasteiger partial charge is 0.319 e. The van der Waals surface area contributed by atoms with E-state index < -0.39 is 0 Å². The summed E-state index contributed by atoms with van der Waals surface area (Å²) in [5.74, 6) is 0.503. The van der Waals surface area contributed by atoms with Crippen LogP contribution in [0.15, 0.2) is 48.8 Å². The first-order valence-corrected chi connectivity index (χ1v) is 11.4. The summed E-state index contributed by atoms with van der Waals surface area (Å²) in [6.45, 7) is 4.75. The Hall–Kier alpha value is -3.27. The fourth-order valence-electron chi connectivity index (χ4n) is 3.88. The Kier molecular flexibility index (Phi) is 5.85. The van der Waals surface area contributed by atoms with Crippen molar-refractivity contribution in [3.8, 4) is 11.1 Å². The highest BCUT2D eigenvalue weighted by molar-refractivity contribution is 7.26. The predicted octanol–water partition coefficient (Wildman–Crippen LogP) is 3.55. The van der Waals surface area contributed by atoms with Crippen LogP contribution in [0.5, 0.6) is 0 Å². The summed E-state index contributed by atoms with van der Waals surface area (Å²) in [6, 6.07) is 13.9. The van der Waals surface area contributed by atoms with Crippen LogP contribution >= 0.6 is 11.3 Å². The van der Waals surface area contributed by atoms with Crippen molar-refractivity contribution in [2.24, 2.45) is 0 Å². The molecule has 32 heavy (non-hydrogen) atoms. The minimum absolute atomic E-state index is 0.204. The molecule has 1 fully saturated rings. The maximum atomic E-state index is 12.3. The van der Waals surface area contributed by atoms with Gasteiger partial charge in [0, 0.05) is 42.0 Å². The number of hydrogen-bond donors (Lipinski definition) is 3. The van der Waals surface area contributed by atoms with Gasteiger partial charge in [-0.05, 0) is 29.3 Å². The number of nitrogen functional groups attached to an aromatic ring is 1. The number of thiophene rings is 1. The molecule has 0 saturated carbocycles. The van der Waals surface area contributed by atoms with Gasteiger partial charge in [-0.25, -0.2) is 14.8 Å². The van der Waals surface area contributed by atoms with Gasteiger partial charge in [0.05, 0.1) is 23.4 Å². The highest BCUT2D eigenvalue weighted by Gasteiger charge is 2.12. The minimum atomic E-state index is -0.204. The third-order valence-electron chi connectivity index (χ3n) is 5.55. The number of anilines is 2. The number of amides is 2. The molecule has 1 saturated heterocycles. The van der Waals surface area contributed by atoms with Gasteiger partial charge in [0.1, 0.15) is 12.1 Å². The first-order valence-electron chi connectivity index (χ1n) is 10.6. The van der Waals surface area contributed by atoms with Crippen LogP contribution in [0.25, 0.3) is 31.4 Å². The number of nitrogens with zero attached hydrogens (tertiary/aromatic N) is 3. The SMILES string of the molecule is Nc1ncnc2c1sc1cc(-c3cccc(NC(=O)NCCN4CCOCC4)c3)ccc12. The molecule has 4 N–H and O–H groups in total. The Morgan fingerprint density at radius 2 is 1.97 bits per heavy atom. The lowest BCUT2D eigenvalue weighted by molar-refractivity contribution is 0.0388. The van der Waals surface area contributed by atoms with Crippen molar-refractivity contribution in [2.75, 3.05) is 50.4 Å². The Morgan fingerprint density at radius 3 is 2.84 bits per heavy atom. The van der Waals surface area contributed by atoms with Crippen LogP contribution < -0.4 is 16.4 Å². The number of rotatable bonds is 5. The summed E-state index contributed by atoms with van der Waals surface area (Å²) in [6.07, 6.45) is 1.50. The number of ether oxygens (including phenoxy) is 1. The van der Waals surface area contributed by atoms with Gasteiger partial charge in [0.2, 0.25) is 0 Å². The molecule has 3 heterocycles. The molecule has 0 spiro atoms. The summed E-state index contributed by atoms with van der Waals surface area (Å²) in [4.78, 5) is 23.1. The van der Waals surface area contributed by atoms with Crippen molar-refractivity contribution in [3.05, 3.63) is 48.8 Å². The number of aromatic nitrogens is 2. The second-order valence-corrected chi connectivity index (χ2v) is 8.72. The molecule has 1 aliphatic heterocycles. The molecule has 1 aliphatic rings. The molecule has 0 atom stereocenters. The van der Waals surface area contributed by atoms with E-state index in [0.29, 0.717) is 12.4 Å². The molecule has 4 aromatic rings. The van der Waals surface area contributed by atoms with Crippen LogP contribution in [0.2, 0.25) is 0 Å². The molecule has 0 aliphatic carbocycles. The normalized spacial score (nSPS) is 14.6. The molecule has 164 valence electrons. The van der Waals surface area contributed by atoms with E-state index in [1.54, 1.807) is 11.3 Å². The highest BCUT2D eigenvalue weighted by atomic mass is 32.1. The zero-order valence-corrected chi connectivity index (χ0v) is 18.3. The van der Waals surface area contributed by atoms with Gasteiger partial charge in [-0.15, -0.1) is 11.3 Å². The van der Waals surface area contributed by atoms with Crippen molar-refractivity contribution < 1.29 is 9.53 Å². The largest absolute Gasteiger partial charge is 0.382 e. The topological polar surface area (TPSA) is 105 Å². The van der Waals surface area contributed by atoms with Gasteiger partial charge >= 0.3 is 6.03 Å². The number of carbonyl (C=O) groups excluding carboxylic acids is 1. The Bertz CT molecular complexity index is 1270. The number of nitrogens with one attached hydrogen (secondary N) is 2. The first kappa shape index (κ1) is 20.6. The monoisotopic (exact) mass is 448 g/mol. The molecule has 2 aromatic carbocycles. The number of nitrogens with two attached hydrogens (primary N) is 1. The summed E-state index contributed by atoms with van der Waals surface area (Å²) >= 11 is 1.59. The molecule has 0 unspecified atom stereocenters. The maximum Gasteiger partial charge on any atom is 0.319 e. The Morgan fingerprint density at radius 1 is 1.12 bits per heavy atom. The van der Waals surface area contributed by atoms with Crippen molar-refractivity contribution in [1.82, 2.24) is 20.2 Å². The molecule has 9 heteroatoms. The highest BCUT2D eigenvalue weighted by Crippen LogP contribution is 2.37. The van der Waals surface area contributed by atoms with E-state index in [0.717, 1.165) is 70.0 Å². The fraction of sp³-hybridized carbons (Fsp3) is 0.261. The zero-order valence-electron chi connectivity index (χ0n) is 17.5. The van der Waals surface area contributed by atoms with Crippen molar-refractivity contribution >= 4 is 49.2 Å². The molecule has 8 nitrogen and oxygen atoms in total. The molecular formula is C23H24N6O2S. The lowest BCUT2D eigenvalue weighted by Gasteiger charge is -2.26. The molecule has 2 aromatic heterocycles. The summed E-state index contributed by atoms with van der Waals surface area (Å²) < 4.78 is 7.35. The maximum absolute atomic E-state index is 12.3. The third-order valence-corrected chi connectivity index (χ3v) is 6.72. The lowest BCUT2D eigenvalue weighted by atomic mass is 10.0. The molecular weight excluding hydrogens is 424 g/mol. The molecule has 0 bridgehead atoms. The second kappa shape index (κ2) is 9.07. The van der Waals surface area contributed by atoms with E-state index in [9.17, 15) is 4.79 Å². The fourth-order valence-corrected chi connectivity index (χ4v) is 4.97. The van der Waals surface area contributed by atoms with Crippen LogP contribution in [0.3, 0.4) is 0 Å². The van der Waals surface area contributed by atoms with E-state index in [1.165, 1.54) is 6.33 Å². The van der Waals surface area contributed by atoms with Crippen LogP contribution in [-0.4, -0.2) is 60.3 Å². The lowest BCUT2D eigenvalue weighted by Crippen LogP contribution is -2.42. The standard InChI is InChI=1S/C23H24N6O2S/c24-22-21-20(26-14-27-22)18-5-4-16(13-19(18)32-21)15-2-1-3-17(12-15)28-23(30)25-6-7-29-8-10-31-11-9-29/h1-5,12-14H,6-11H2,(H2,24,26,27)(H2,25,28,30). The number of fused-ring (bicyclic) bond motifs is 3. The van der Waals surface area contributed by atoms with Gasteiger partial charge in [-0.3, -0.25) is 4.90 Å². The van der Waals surface area contributed by atoms with Crippen LogP contribution in [0, 0.1) is 0 Å². The van der Waals surface area contributed by atoms with Gasteiger partial charge < -0.3 is 21.1 Å². The van der Waals surface area contributed by atoms with Gasteiger partial charge in [-0.1, -0.05) is 24.3 Å². The summed E-state index contributed by atoms with van der Waals surface area (Å²) in [7, 11) is 0.